The summed E-state index contributed by atoms with van der Waals surface area (Å²) in [7, 11) is -3.20. The van der Waals surface area contributed by atoms with Crippen LogP contribution in [0.1, 0.15) is 23.7 Å². The highest BCUT2D eigenvalue weighted by Gasteiger charge is 2.17. The average Bonchev–Trinajstić information content (AvgIpc) is 2.38. The lowest BCUT2D eigenvalue weighted by atomic mass is 10.2. The number of aldehydes is 1. The summed E-state index contributed by atoms with van der Waals surface area (Å²) in [6.45, 7) is 1.59. The van der Waals surface area contributed by atoms with Crippen LogP contribution in [0, 0.1) is 10.1 Å². The maximum Gasteiger partial charge on any atom is 0.311 e. The third kappa shape index (κ3) is 4.61. The van der Waals surface area contributed by atoms with Crippen LogP contribution >= 0.6 is 0 Å². The molecule has 0 saturated carbocycles. The van der Waals surface area contributed by atoms with Gasteiger partial charge in [0.2, 0.25) is 0 Å². The monoisotopic (exact) mass is 301 g/mol. The van der Waals surface area contributed by atoms with Crippen molar-refractivity contribution in [2.75, 3.05) is 18.1 Å². The highest BCUT2D eigenvalue weighted by molar-refractivity contribution is 7.91. The molecule has 1 aromatic carbocycles. The van der Waals surface area contributed by atoms with Crippen molar-refractivity contribution in [1.29, 1.82) is 0 Å². The molecular formula is C12H15NO6S. The number of nitro benzene ring substituents is 1. The number of rotatable bonds is 8. The quantitative estimate of drug-likeness (QED) is 0.410. The Morgan fingerprint density at radius 3 is 2.60 bits per heavy atom. The van der Waals surface area contributed by atoms with Gasteiger partial charge in [-0.15, -0.1) is 0 Å². The minimum absolute atomic E-state index is 0.0488. The fourth-order valence-corrected chi connectivity index (χ4v) is 2.73. The number of benzene rings is 1. The van der Waals surface area contributed by atoms with E-state index in [1.54, 1.807) is 6.92 Å². The van der Waals surface area contributed by atoms with Gasteiger partial charge in [-0.05, 0) is 18.6 Å². The van der Waals surface area contributed by atoms with E-state index >= 15 is 0 Å². The topological polar surface area (TPSA) is 104 Å². The molecular weight excluding hydrogens is 286 g/mol. The lowest BCUT2D eigenvalue weighted by Crippen LogP contribution is -2.17. The molecule has 0 aliphatic carbocycles. The first-order chi connectivity index (χ1) is 9.39. The lowest BCUT2D eigenvalue weighted by Gasteiger charge is -2.07. The van der Waals surface area contributed by atoms with Gasteiger partial charge in [0.25, 0.3) is 0 Å². The molecule has 1 aromatic rings. The normalized spacial score (nSPS) is 11.1. The zero-order valence-electron chi connectivity index (χ0n) is 10.9. The van der Waals surface area contributed by atoms with Crippen molar-refractivity contribution in [2.24, 2.45) is 0 Å². The van der Waals surface area contributed by atoms with Gasteiger partial charge >= 0.3 is 5.69 Å². The number of nitrogens with zero attached hydrogens (tertiary/aromatic N) is 1. The molecule has 20 heavy (non-hydrogen) atoms. The molecule has 0 fully saturated rings. The highest BCUT2D eigenvalue weighted by atomic mass is 32.2. The third-order valence-corrected chi connectivity index (χ3v) is 4.30. The molecule has 0 amide bonds. The van der Waals surface area contributed by atoms with Crippen molar-refractivity contribution in [3.05, 3.63) is 33.9 Å². The van der Waals surface area contributed by atoms with E-state index in [-0.39, 0.29) is 35.1 Å². The number of carbonyl (C=O) groups excluding carboxylic acids is 1. The van der Waals surface area contributed by atoms with Crippen molar-refractivity contribution < 1.29 is 22.9 Å². The maximum atomic E-state index is 11.5. The molecule has 0 spiro atoms. The Balaban J connectivity index is 2.78. The zero-order valence-corrected chi connectivity index (χ0v) is 11.8. The summed E-state index contributed by atoms with van der Waals surface area (Å²) in [6, 6.07) is 3.74. The molecule has 0 radical (unpaired) electrons. The van der Waals surface area contributed by atoms with Gasteiger partial charge in [0.05, 0.1) is 16.4 Å². The van der Waals surface area contributed by atoms with Crippen molar-refractivity contribution in [3.63, 3.8) is 0 Å². The summed E-state index contributed by atoms with van der Waals surface area (Å²) in [4.78, 5) is 20.7. The van der Waals surface area contributed by atoms with Crippen LogP contribution in [0.2, 0.25) is 0 Å². The summed E-state index contributed by atoms with van der Waals surface area (Å²) < 4.78 is 28.1. The van der Waals surface area contributed by atoms with E-state index in [4.69, 9.17) is 4.74 Å². The fraction of sp³-hybridized carbons (Fsp3) is 0.417. The summed E-state index contributed by atoms with van der Waals surface area (Å²) in [6.07, 6.45) is 0.999. The van der Waals surface area contributed by atoms with Crippen LogP contribution in [0.4, 0.5) is 5.69 Å². The average molecular weight is 301 g/mol. The number of ether oxygens (including phenoxy) is 1. The van der Waals surface area contributed by atoms with Gasteiger partial charge in [0.15, 0.2) is 15.6 Å². The second kappa shape index (κ2) is 6.99. The molecule has 8 heteroatoms. The summed E-state index contributed by atoms with van der Waals surface area (Å²) in [5.41, 5.74) is -0.204. The van der Waals surface area contributed by atoms with Crippen LogP contribution in [-0.4, -0.2) is 37.7 Å². The Morgan fingerprint density at radius 1 is 1.35 bits per heavy atom. The number of sulfone groups is 1. The molecule has 0 unspecified atom stereocenters. The molecule has 0 N–H and O–H groups in total. The van der Waals surface area contributed by atoms with Crippen LogP contribution in [-0.2, 0) is 9.84 Å². The van der Waals surface area contributed by atoms with E-state index in [1.807, 2.05) is 0 Å². The summed E-state index contributed by atoms with van der Waals surface area (Å²) >= 11 is 0. The smallest absolute Gasteiger partial charge is 0.311 e. The molecule has 0 bridgehead atoms. The van der Waals surface area contributed by atoms with Crippen LogP contribution in [0.5, 0.6) is 5.75 Å². The summed E-state index contributed by atoms with van der Waals surface area (Å²) in [5.74, 6) is -0.192. The molecule has 110 valence electrons. The third-order valence-electron chi connectivity index (χ3n) is 2.48. The van der Waals surface area contributed by atoms with Gasteiger partial charge in [-0.3, -0.25) is 14.9 Å². The van der Waals surface area contributed by atoms with E-state index in [0.29, 0.717) is 12.7 Å². The lowest BCUT2D eigenvalue weighted by molar-refractivity contribution is -0.385. The first-order valence-corrected chi connectivity index (χ1v) is 7.78. The molecule has 0 atom stereocenters. The van der Waals surface area contributed by atoms with Crippen LogP contribution in [0.15, 0.2) is 18.2 Å². The minimum Gasteiger partial charge on any atom is -0.486 e. The van der Waals surface area contributed by atoms with E-state index in [0.717, 1.165) is 6.07 Å². The SMILES string of the molecule is CCCS(=O)(=O)CCOc1ccc(C=O)cc1[N+](=O)[O-]. The van der Waals surface area contributed by atoms with Crippen molar-refractivity contribution in [1.82, 2.24) is 0 Å². The van der Waals surface area contributed by atoms with Crippen LogP contribution < -0.4 is 4.74 Å². The fourth-order valence-electron chi connectivity index (χ4n) is 1.56. The number of carbonyl (C=O) groups is 1. The van der Waals surface area contributed by atoms with Crippen LogP contribution in [0.3, 0.4) is 0 Å². The molecule has 7 nitrogen and oxygen atoms in total. The van der Waals surface area contributed by atoms with E-state index in [1.165, 1.54) is 12.1 Å². The maximum absolute atomic E-state index is 11.5. The van der Waals surface area contributed by atoms with Gasteiger partial charge in [-0.2, -0.15) is 0 Å². The first-order valence-electron chi connectivity index (χ1n) is 5.96. The predicted molar refractivity (Wildman–Crippen MR) is 72.9 cm³/mol. The van der Waals surface area contributed by atoms with Gasteiger partial charge < -0.3 is 4.74 Å². The summed E-state index contributed by atoms with van der Waals surface area (Å²) in [5, 5.41) is 10.8. The van der Waals surface area contributed by atoms with Crippen molar-refractivity contribution in [2.45, 2.75) is 13.3 Å². The number of hydrogen-bond acceptors (Lipinski definition) is 6. The Hall–Kier alpha value is -1.96. The van der Waals surface area contributed by atoms with Crippen molar-refractivity contribution >= 4 is 21.8 Å². The molecule has 0 aliphatic rings. The minimum atomic E-state index is -3.20. The highest BCUT2D eigenvalue weighted by Crippen LogP contribution is 2.27. The van der Waals surface area contributed by atoms with Gasteiger partial charge in [-0.25, -0.2) is 8.42 Å². The molecule has 0 heterocycles. The molecule has 0 aliphatic heterocycles. The van der Waals surface area contributed by atoms with Crippen LogP contribution in [0.25, 0.3) is 0 Å². The second-order valence-corrected chi connectivity index (χ2v) is 6.41. The Labute approximate surface area is 116 Å². The predicted octanol–water partition coefficient (Wildman–Crippen LogP) is 1.61. The first kappa shape index (κ1) is 16.1. The van der Waals surface area contributed by atoms with E-state index < -0.39 is 14.8 Å². The Morgan fingerprint density at radius 2 is 2.05 bits per heavy atom. The molecule has 0 aromatic heterocycles. The van der Waals surface area contributed by atoms with E-state index in [9.17, 15) is 23.3 Å². The second-order valence-electron chi connectivity index (χ2n) is 4.10. The zero-order chi connectivity index (χ0) is 15.2. The van der Waals surface area contributed by atoms with Crippen molar-refractivity contribution in [3.8, 4) is 5.75 Å². The van der Waals surface area contributed by atoms with Gasteiger partial charge in [-0.1, -0.05) is 6.92 Å². The van der Waals surface area contributed by atoms with Gasteiger partial charge in [0, 0.05) is 11.6 Å². The van der Waals surface area contributed by atoms with Gasteiger partial charge in [0.1, 0.15) is 12.9 Å². The standard InChI is InChI=1S/C12H15NO6S/c1-2-6-20(17,18)7-5-19-12-4-3-10(9-14)8-11(12)13(15)16/h3-4,8-9H,2,5-7H2,1H3. The molecule has 1 rings (SSSR count). The Bertz CT molecular complexity index is 596. The number of nitro groups is 1. The Kier molecular flexibility index (Phi) is 5.63. The van der Waals surface area contributed by atoms with E-state index in [2.05, 4.69) is 0 Å². The molecule has 0 saturated heterocycles. The number of hydrogen-bond donors (Lipinski definition) is 0. The largest absolute Gasteiger partial charge is 0.486 e.